The second kappa shape index (κ2) is 4.80. The van der Waals surface area contributed by atoms with E-state index in [-0.39, 0.29) is 15.4 Å². The Kier molecular flexibility index (Phi) is 3.49. The van der Waals surface area contributed by atoms with Gasteiger partial charge in [-0.1, -0.05) is 0 Å². The molecular weight excluding hydrogens is 327 g/mol. The van der Waals surface area contributed by atoms with E-state index in [1.54, 1.807) is 0 Å². The third kappa shape index (κ3) is 2.56. The van der Waals surface area contributed by atoms with Crippen molar-refractivity contribution in [3.63, 3.8) is 0 Å². The Bertz CT molecular complexity index is 655. The summed E-state index contributed by atoms with van der Waals surface area (Å²) < 4.78 is 42.6. The van der Waals surface area contributed by atoms with Crippen LogP contribution < -0.4 is 0 Å². The summed E-state index contributed by atoms with van der Waals surface area (Å²) in [6, 6.07) is 4.22. The second-order valence-electron chi connectivity index (χ2n) is 3.71. The average Bonchev–Trinajstić information content (AvgIpc) is 2.36. The molecule has 0 aliphatic carbocycles. The van der Waals surface area contributed by atoms with Crippen molar-refractivity contribution in [3.05, 3.63) is 40.0 Å². The largest absolute Gasteiger partial charge is 0.465 e. The van der Waals surface area contributed by atoms with E-state index < -0.39 is 17.7 Å². The number of halogens is 4. The molecule has 0 atom stereocenters. The number of methoxy groups -OCH3 is 1. The summed E-state index contributed by atoms with van der Waals surface area (Å²) in [5.74, 6) is -0.619. The lowest BCUT2D eigenvalue weighted by molar-refractivity contribution is -0.138. The lowest BCUT2D eigenvalue weighted by Crippen LogP contribution is -2.07. The van der Waals surface area contributed by atoms with Crippen molar-refractivity contribution in [2.45, 2.75) is 6.18 Å². The summed E-state index contributed by atoms with van der Waals surface area (Å²) in [5, 5.41) is 0.206. The van der Waals surface area contributed by atoms with Gasteiger partial charge in [-0.25, -0.2) is 4.79 Å². The van der Waals surface area contributed by atoms with E-state index in [2.05, 4.69) is 25.7 Å². The molecule has 0 fully saturated rings. The Balaban J connectivity index is 2.69. The second-order valence-corrected chi connectivity index (χ2v) is 4.50. The normalized spacial score (nSPS) is 11.6. The van der Waals surface area contributed by atoms with Crippen molar-refractivity contribution in [3.8, 4) is 0 Å². The molecule has 0 saturated carbocycles. The summed E-state index contributed by atoms with van der Waals surface area (Å²) in [4.78, 5) is 15.1. The van der Waals surface area contributed by atoms with Gasteiger partial charge in [0.15, 0.2) is 0 Å². The molecule has 2 aromatic rings. The number of alkyl halides is 3. The molecule has 0 unspecified atom stereocenters. The topological polar surface area (TPSA) is 39.2 Å². The first-order chi connectivity index (χ1) is 8.84. The predicted octanol–water partition coefficient (Wildman–Crippen LogP) is 3.80. The molecule has 2 rings (SSSR count). The molecular formula is C12H7BrF3NO2. The summed E-state index contributed by atoms with van der Waals surface area (Å²) in [7, 11) is 1.20. The van der Waals surface area contributed by atoms with Crippen LogP contribution in [0.15, 0.2) is 28.9 Å². The maximum absolute atomic E-state index is 12.7. The minimum atomic E-state index is -4.51. The summed E-state index contributed by atoms with van der Waals surface area (Å²) in [5.41, 5.74) is -0.369. The first-order valence-electron chi connectivity index (χ1n) is 5.08. The summed E-state index contributed by atoms with van der Waals surface area (Å²) in [6.07, 6.45) is -3.76. The Labute approximate surface area is 114 Å². The molecule has 1 aromatic heterocycles. The molecule has 1 aromatic carbocycles. The number of hydrogen-bond donors (Lipinski definition) is 0. The van der Waals surface area contributed by atoms with Crippen molar-refractivity contribution in [1.29, 1.82) is 0 Å². The number of carbonyl (C=O) groups excluding carboxylic acids is 1. The van der Waals surface area contributed by atoms with E-state index in [1.165, 1.54) is 25.3 Å². The molecule has 0 aliphatic rings. The molecule has 0 radical (unpaired) electrons. The zero-order valence-corrected chi connectivity index (χ0v) is 11.2. The van der Waals surface area contributed by atoms with Gasteiger partial charge in [0, 0.05) is 16.1 Å². The van der Waals surface area contributed by atoms with Crippen molar-refractivity contribution < 1.29 is 22.7 Å². The lowest BCUT2D eigenvalue weighted by atomic mass is 10.1. The number of hydrogen-bond acceptors (Lipinski definition) is 3. The molecule has 0 aliphatic heterocycles. The van der Waals surface area contributed by atoms with Crippen LogP contribution in [0.1, 0.15) is 15.9 Å². The molecule has 19 heavy (non-hydrogen) atoms. The quantitative estimate of drug-likeness (QED) is 0.745. The van der Waals surface area contributed by atoms with Crippen LogP contribution in [-0.4, -0.2) is 18.1 Å². The van der Waals surface area contributed by atoms with E-state index in [1.807, 2.05) is 0 Å². The number of aromatic nitrogens is 1. The fourth-order valence-corrected chi connectivity index (χ4v) is 2.25. The summed E-state index contributed by atoms with van der Waals surface area (Å²) in [6.45, 7) is 0. The average molecular weight is 334 g/mol. The third-order valence-electron chi connectivity index (χ3n) is 2.53. The number of esters is 1. The Morgan fingerprint density at radius 2 is 2.05 bits per heavy atom. The van der Waals surface area contributed by atoms with Gasteiger partial charge in [0.2, 0.25) is 0 Å². The first kappa shape index (κ1) is 13.8. The van der Waals surface area contributed by atoms with E-state index in [9.17, 15) is 18.0 Å². The van der Waals surface area contributed by atoms with E-state index in [0.717, 1.165) is 6.20 Å². The van der Waals surface area contributed by atoms with Crippen molar-refractivity contribution in [2.75, 3.05) is 7.11 Å². The zero-order valence-electron chi connectivity index (χ0n) is 9.58. The zero-order chi connectivity index (χ0) is 14.2. The van der Waals surface area contributed by atoms with Crippen LogP contribution >= 0.6 is 15.9 Å². The summed E-state index contributed by atoms with van der Waals surface area (Å²) >= 11 is 2.91. The van der Waals surface area contributed by atoms with Crippen LogP contribution in [0.4, 0.5) is 13.2 Å². The van der Waals surface area contributed by atoms with Gasteiger partial charge in [0.1, 0.15) is 0 Å². The van der Waals surface area contributed by atoms with Gasteiger partial charge in [0.25, 0.3) is 0 Å². The van der Waals surface area contributed by atoms with Crippen molar-refractivity contribution >= 4 is 32.8 Å². The molecule has 1 heterocycles. The minimum absolute atomic E-state index is 0.143. The smallest absolute Gasteiger partial charge is 0.419 e. The highest BCUT2D eigenvalue weighted by molar-refractivity contribution is 9.10. The van der Waals surface area contributed by atoms with Crippen LogP contribution in [0.2, 0.25) is 0 Å². The van der Waals surface area contributed by atoms with Gasteiger partial charge in [0.05, 0.1) is 23.8 Å². The number of rotatable bonds is 1. The van der Waals surface area contributed by atoms with Gasteiger partial charge in [-0.05, 0) is 34.1 Å². The molecule has 100 valence electrons. The number of benzene rings is 1. The molecule has 0 spiro atoms. The van der Waals surface area contributed by atoms with Crippen LogP contribution in [0.3, 0.4) is 0 Å². The predicted molar refractivity (Wildman–Crippen MR) is 65.8 cm³/mol. The number of nitrogens with zero attached hydrogens (tertiary/aromatic N) is 1. The number of pyridine rings is 1. The molecule has 0 amide bonds. The Hall–Kier alpha value is -1.63. The monoisotopic (exact) mass is 333 g/mol. The molecule has 3 nitrogen and oxygen atoms in total. The Morgan fingerprint density at radius 3 is 2.63 bits per heavy atom. The fourth-order valence-electron chi connectivity index (χ4n) is 1.60. The standard InChI is InChI=1S/C12H7BrF3NO2/c1-19-11(18)6-2-3-9-7(4-6)10(13)8(5-17-9)12(14,15)16/h2-5H,1H3. The maximum atomic E-state index is 12.7. The van der Waals surface area contributed by atoms with Crippen LogP contribution in [-0.2, 0) is 10.9 Å². The van der Waals surface area contributed by atoms with E-state index in [0.29, 0.717) is 5.52 Å². The SMILES string of the molecule is COC(=O)c1ccc2ncc(C(F)(F)F)c(Br)c2c1. The molecule has 0 bridgehead atoms. The first-order valence-corrected chi connectivity index (χ1v) is 5.87. The fraction of sp³-hybridized carbons (Fsp3) is 0.167. The van der Waals surface area contributed by atoms with Gasteiger partial charge in [-0.2, -0.15) is 13.2 Å². The number of fused-ring (bicyclic) bond motifs is 1. The lowest BCUT2D eigenvalue weighted by Gasteiger charge is -2.11. The van der Waals surface area contributed by atoms with Gasteiger partial charge < -0.3 is 4.74 Å². The number of carbonyl (C=O) groups is 1. The Morgan fingerprint density at radius 1 is 1.37 bits per heavy atom. The third-order valence-corrected chi connectivity index (χ3v) is 3.38. The van der Waals surface area contributed by atoms with E-state index >= 15 is 0 Å². The van der Waals surface area contributed by atoms with Crippen LogP contribution in [0, 0.1) is 0 Å². The molecule has 7 heteroatoms. The number of ether oxygens (including phenoxy) is 1. The highest BCUT2D eigenvalue weighted by Gasteiger charge is 2.34. The van der Waals surface area contributed by atoms with Gasteiger partial charge in [-0.15, -0.1) is 0 Å². The van der Waals surface area contributed by atoms with Crippen LogP contribution in [0.5, 0.6) is 0 Å². The molecule has 0 saturated heterocycles. The molecule has 0 N–H and O–H groups in total. The minimum Gasteiger partial charge on any atom is -0.465 e. The van der Waals surface area contributed by atoms with Gasteiger partial charge >= 0.3 is 12.1 Å². The van der Waals surface area contributed by atoms with E-state index in [4.69, 9.17) is 0 Å². The highest BCUT2D eigenvalue weighted by atomic mass is 79.9. The van der Waals surface area contributed by atoms with Crippen LogP contribution in [0.25, 0.3) is 10.9 Å². The van der Waals surface area contributed by atoms with Crippen molar-refractivity contribution in [2.24, 2.45) is 0 Å². The van der Waals surface area contributed by atoms with Crippen molar-refractivity contribution in [1.82, 2.24) is 4.98 Å². The van der Waals surface area contributed by atoms with Gasteiger partial charge in [-0.3, -0.25) is 4.98 Å². The highest BCUT2D eigenvalue weighted by Crippen LogP contribution is 2.37. The maximum Gasteiger partial charge on any atom is 0.419 e.